The smallest absolute Gasteiger partial charge is 0.226 e. The number of phenolic OH excluding ortho intramolecular Hbond substituents is 1. The maximum atomic E-state index is 14.9. The number of carbonyl (C=O) groups excluding carboxylic acids is 11. The molecule has 490 valence electrons. The summed E-state index contributed by atoms with van der Waals surface area (Å²) in [6.07, 6.45) is 3.93. The summed E-state index contributed by atoms with van der Waals surface area (Å²) in [5.41, 5.74) is 27.9. The molecule has 28 nitrogen and oxygen atoms in total. The fourth-order valence-electron chi connectivity index (χ4n) is 11.7. The van der Waals surface area contributed by atoms with Gasteiger partial charge in [-0.05, 0) is 98.6 Å². The topological polar surface area (TPSA) is 463 Å². The number of nitrogens with zero attached hydrogens (tertiary/aromatic N) is 6. The number of nitrogens with one attached hydrogen (secondary N) is 6. The van der Waals surface area contributed by atoms with Gasteiger partial charge in [-0.1, -0.05) is 49.3 Å². The summed E-state index contributed by atoms with van der Waals surface area (Å²) in [5, 5.41) is 36.4. The molecule has 0 aliphatic carbocycles. The van der Waals surface area contributed by atoms with Crippen molar-refractivity contribution in [2.24, 2.45) is 56.9 Å². The number of carbonyl (C=O) groups is 11. The number of benzene rings is 2. The molecule has 91 heavy (non-hydrogen) atoms. The molecule has 6 amide bonds. The van der Waals surface area contributed by atoms with Gasteiger partial charge in [0.25, 0.3) is 0 Å². The first-order chi connectivity index (χ1) is 43.5. The number of aliphatic imine (C=N–C) groups is 1. The predicted octanol–water partition coefficient (Wildman–Crippen LogP) is 2.67. The summed E-state index contributed by atoms with van der Waals surface area (Å²) in [5.74, 6) is -11.6. The fourth-order valence-corrected chi connectivity index (χ4v) is 11.7. The number of Topliss-reactive ketones (excluding diaryl/α,β-unsaturated/α-hetero) is 5. The first-order valence-corrected chi connectivity index (χ1v) is 30.9. The largest absolute Gasteiger partial charge is 0.508 e. The van der Waals surface area contributed by atoms with Crippen molar-refractivity contribution >= 4 is 81.2 Å². The molecule has 2 fully saturated rings. The Bertz CT molecular complexity index is 3280. The number of aliphatic hydroxyl groups excluding tert-OH is 1. The number of likely N-dealkylation sites (tertiary alicyclic amines) is 1. The van der Waals surface area contributed by atoms with Gasteiger partial charge < -0.3 is 63.5 Å². The zero-order valence-corrected chi connectivity index (χ0v) is 51.5. The number of hydrogen-bond acceptors (Lipinski definition) is 16. The van der Waals surface area contributed by atoms with E-state index in [1.165, 1.54) is 41.7 Å². The van der Waals surface area contributed by atoms with E-state index in [9.17, 15) is 63.0 Å². The quantitative estimate of drug-likeness (QED) is 0.00761. The average molecular weight is 1260 g/mol. The molecule has 0 unspecified atom stereocenters. The van der Waals surface area contributed by atoms with Crippen LogP contribution in [0, 0.1) is 29.6 Å². The van der Waals surface area contributed by atoms with Crippen LogP contribution in [0.1, 0.15) is 127 Å². The van der Waals surface area contributed by atoms with Crippen LogP contribution in [0.15, 0.2) is 77.4 Å². The van der Waals surface area contributed by atoms with Crippen LogP contribution in [-0.2, 0) is 72.0 Å². The van der Waals surface area contributed by atoms with Crippen molar-refractivity contribution in [2.75, 3.05) is 26.2 Å². The van der Waals surface area contributed by atoms with Crippen LogP contribution in [0.25, 0.3) is 21.3 Å². The fraction of sp³-hybridized carbons (Fsp3) is 0.540. The van der Waals surface area contributed by atoms with Crippen LogP contribution in [0.3, 0.4) is 0 Å². The second-order valence-corrected chi connectivity index (χ2v) is 24.0. The van der Waals surface area contributed by atoms with E-state index < -0.39 is 120 Å². The molecule has 4 heterocycles. The van der Waals surface area contributed by atoms with Crippen LogP contribution in [0.5, 0.6) is 5.75 Å². The van der Waals surface area contributed by atoms with Crippen LogP contribution < -0.4 is 38.5 Å². The number of guanidine groups is 1. The third kappa shape index (κ3) is 22.0. The van der Waals surface area contributed by atoms with Gasteiger partial charge in [0.05, 0.1) is 55.0 Å². The van der Waals surface area contributed by atoms with Crippen LogP contribution in [0.4, 0.5) is 0 Å². The lowest BCUT2D eigenvalue weighted by Gasteiger charge is -2.29. The van der Waals surface area contributed by atoms with Gasteiger partial charge in [-0.15, -0.1) is 0 Å². The van der Waals surface area contributed by atoms with Crippen molar-refractivity contribution in [2.45, 2.75) is 160 Å². The van der Waals surface area contributed by atoms with Crippen molar-refractivity contribution in [1.82, 2.24) is 41.1 Å². The predicted molar refractivity (Wildman–Crippen MR) is 333 cm³/mol. The number of aromatic amines is 2. The normalized spacial score (nSPS) is 16.9. The number of hydrogen-bond donors (Lipinski definition) is 11. The molecule has 0 radical (unpaired) electrons. The first-order valence-electron chi connectivity index (χ1n) is 30.9. The van der Waals surface area contributed by atoms with Gasteiger partial charge in [-0.25, -0.2) is 4.98 Å². The zero-order valence-electron chi connectivity index (χ0n) is 51.5. The highest BCUT2D eigenvalue weighted by Crippen LogP contribution is 2.28. The summed E-state index contributed by atoms with van der Waals surface area (Å²) in [7, 11) is 0. The Labute approximate surface area is 526 Å². The minimum Gasteiger partial charge on any atom is -0.508 e. The van der Waals surface area contributed by atoms with Gasteiger partial charge in [0.1, 0.15) is 5.75 Å². The number of rotatable bonds is 40. The van der Waals surface area contributed by atoms with Crippen LogP contribution >= 0.6 is 0 Å². The summed E-state index contributed by atoms with van der Waals surface area (Å²) in [4.78, 5) is 171. The summed E-state index contributed by atoms with van der Waals surface area (Å²) in [6, 6.07) is 7.45. The highest BCUT2D eigenvalue weighted by Gasteiger charge is 2.40. The standard InChI is InChI=1S/C63H85N15O13/c1-36(2)24-48(55(84)29-39(9-5-21-69-63(65)66)62(91)78-23-7-12-51(78)52(81)18-19-57(64)86)74-59(88)38(8-6-22-72-77-67)28-54(83)49(25-37-13-15-44(80)16-14-37)75-61(90)42(34-79)31-56(85)50(27-41-32-70-46-11-4-3-10-45(41)46)76-60(89)40(26-43-33-68-35-71-43)30-53(82)47-17-20-58(87)73-47/h3-4,10-11,13-16,32-33,35-36,38-40,42,47-51,70,79-80H,5-9,12,17-31,34H2,1-2H3,(H2,64,86)(H,68,71)(H,73,87)(H,74,88)(H,75,90)(H,76,89)(H4,65,66,69)/t38-,39-,40-,42+,47+,48+,49+,50+,51+/m1/s1. The number of aromatic nitrogens is 3. The number of imidazole rings is 1. The molecule has 28 heteroatoms. The van der Waals surface area contributed by atoms with E-state index in [0.717, 1.165) is 10.9 Å². The van der Waals surface area contributed by atoms with E-state index in [-0.39, 0.29) is 145 Å². The van der Waals surface area contributed by atoms with Gasteiger partial charge in [0.15, 0.2) is 34.9 Å². The molecule has 2 saturated heterocycles. The number of nitrogens with two attached hydrogens (primary N) is 3. The molecule has 6 rings (SSSR count). The van der Waals surface area contributed by atoms with Crippen molar-refractivity contribution < 1.29 is 63.0 Å². The number of para-hydroxylation sites is 1. The summed E-state index contributed by atoms with van der Waals surface area (Å²) < 4.78 is 0. The third-order valence-corrected chi connectivity index (χ3v) is 16.6. The van der Waals surface area contributed by atoms with Gasteiger partial charge in [0, 0.05) is 123 Å². The SMILES string of the molecule is CC(C)C[C@H](NC(=O)[C@H](CCCN=[N+]=[N-])CC(=O)[C@H](Cc1ccc(O)cc1)NC(=O)[C@H](CO)CC(=O)[C@H](Cc1c[nH]c2ccccc12)NC(=O)[C@@H](CC(=O)[C@@H]1CCC(=O)N1)Cc1cnc[nH]1)C(=O)C[C@@H](CCCN=C(N)N)C(=O)N1CCC[C@H]1C(=O)CCC(N)=O. The number of fused-ring (bicyclic) bond motifs is 1. The maximum absolute atomic E-state index is 14.9. The van der Waals surface area contributed by atoms with Crippen molar-refractivity contribution in [3.05, 3.63) is 94.5 Å². The summed E-state index contributed by atoms with van der Waals surface area (Å²) in [6.45, 7) is 3.04. The van der Waals surface area contributed by atoms with Gasteiger partial charge in [-0.2, -0.15) is 0 Å². The number of aromatic hydroxyl groups is 1. The molecule has 2 aliphatic rings. The zero-order chi connectivity index (χ0) is 66.1. The third-order valence-electron chi connectivity index (χ3n) is 16.6. The highest BCUT2D eigenvalue weighted by molar-refractivity contribution is 5.99. The molecule has 0 spiro atoms. The van der Waals surface area contributed by atoms with Gasteiger partial charge >= 0.3 is 0 Å². The first kappa shape index (κ1) is 70.8. The molecule has 2 aromatic heterocycles. The molecule has 0 bridgehead atoms. The number of aliphatic hydroxyl groups is 1. The number of ketones is 5. The molecule has 4 aromatic rings. The highest BCUT2D eigenvalue weighted by atomic mass is 16.3. The number of amides is 6. The van der Waals surface area contributed by atoms with Crippen LogP contribution in [-0.4, -0.2) is 157 Å². The lowest BCUT2D eigenvalue weighted by molar-refractivity contribution is -0.143. The number of azide groups is 1. The Kier molecular flexibility index (Phi) is 27.4. The molecular weight excluding hydrogens is 1170 g/mol. The molecule has 0 saturated carbocycles. The van der Waals surface area contributed by atoms with Gasteiger partial charge in [0.2, 0.25) is 35.4 Å². The number of primary amides is 1. The monoisotopic (exact) mass is 1260 g/mol. The summed E-state index contributed by atoms with van der Waals surface area (Å²) >= 11 is 0. The maximum Gasteiger partial charge on any atom is 0.226 e. The Balaban J connectivity index is 1.24. The van der Waals surface area contributed by atoms with Gasteiger partial charge in [-0.3, -0.25) is 57.7 Å². The molecule has 9 atom stereocenters. The Morgan fingerprint density at radius 3 is 2.03 bits per heavy atom. The van der Waals surface area contributed by atoms with E-state index in [0.29, 0.717) is 29.7 Å². The van der Waals surface area contributed by atoms with Crippen molar-refractivity contribution in [3.63, 3.8) is 0 Å². The van der Waals surface area contributed by atoms with Crippen molar-refractivity contribution in [3.8, 4) is 5.75 Å². The second kappa shape index (κ2) is 35.2. The molecule has 2 aromatic carbocycles. The Morgan fingerprint density at radius 1 is 0.747 bits per heavy atom. The minimum absolute atomic E-state index is 0.0111. The molecule has 14 N–H and O–H groups in total. The van der Waals surface area contributed by atoms with E-state index in [4.69, 9.17) is 22.7 Å². The average Bonchev–Trinajstić information content (AvgIpc) is 1.90. The van der Waals surface area contributed by atoms with E-state index in [1.54, 1.807) is 12.3 Å². The number of phenols is 1. The van der Waals surface area contributed by atoms with E-state index in [1.807, 2.05) is 32.0 Å². The van der Waals surface area contributed by atoms with Crippen LogP contribution in [0.2, 0.25) is 0 Å². The van der Waals surface area contributed by atoms with Crippen molar-refractivity contribution in [1.29, 1.82) is 0 Å². The molecule has 2 aliphatic heterocycles. The number of H-pyrrole nitrogens is 2. The second-order valence-electron chi connectivity index (χ2n) is 24.0. The lowest BCUT2D eigenvalue weighted by Crippen LogP contribution is -2.50. The Morgan fingerprint density at radius 2 is 1.38 bits per heavy atom. The van der Waals surface area contributed by atoms with E-state index in [2.05, 4.69) is 51.2 Å². The minimum atomic E-state index is -1.51. The van der Waals surface area contributed by atoms with E-state index >= 15 is 0 Å². The lowest BCUT2D eigenvalue weighted by atomic mass is 9.88. The Hall–Kier alpha value is -9.30. The molecular formula is C63H85N15O13.